The van der Waals surface area contributed by atoms with Crippen LogP contribution in [0.25, 0.3) is 0 Å². The maximum Gasteiger partial charge on any atom is 0.266 e. The van der Waals surface area contributed by atoms with Crippen molar-refractivity contribution in [3.63, 3.8) is 0 Å². The molecular formula is C21H24N4O2S. The van der Waals surface area contributed by atoms with Crippen molar-refractivity contribution in [1.82, 2.24) is 19.8 Å². The van der Waals surface area contributed by atoms with Crippen LogP contribution in [0.1, 0.15) is 20.9 Å². The molecule has 146 valence electrons. The van der Waals surface area contributed by atoms with Crippen LogP contribution < -0.4 is 4.74 Å². The van der Waals surface area contributed by atoms with Crippen molar-refractivity contribution in [2.24, 2.45) is 0 Å². The highest BCUT2D eigenvalue weighted by Gasteiger charge is 2.19. The molecule has 0 aliphatic carbocycles. The Morgan fingerprint density at radius 2 is 2.04 bits per heavy atom. The molecule has 3 aromatic rings. The first-order chi connectivity index (χ1) is 13.6. The molecule has 28 heavy (non-hydrogen) atoms. The number of aromatic nitrogens is 2. The number of nitrogens with zero attached hydrogens (tertiary/aromatic N) is 4. The fraction of sp³-hybridized carbons (Fsp3) is 0.286. The van der Waals surface area contributed by atoms with E-state index in [0.717, 1.165) is 23.6 Å². The van der Waals surface area contributed by atoms with Gasteiger partial charge in [0.2, 0.25) is 0 Å². The van der Waals surface area contributed by atoms with Gasteiger partial charge in [0.15, 0.2) is 0 Å². The minimum Gasteiger partial charge on any atom is -0.492 e. The van der Waals surface area contributed by atoms with E-state index in [2.05, 4.69) is 14.9 Å². The van der Waals surface area contributed by atoms with E-state index in [-0.39, 0.29) is 5.91 Å². The van der Waals surface area contributed by atoms with Crippen molar-refractivity contribution in [2.45, 2.75) is 13.1 Å². The number of carbonyl (C=O) groups is 1. The third-order valence-corrected chi connectivity index (χ3v) is 4.85. The molecule has 7 heteroatoms. The molecule has 3 rings (SSSR count). The molecule has 0 bridgehead atoms. The Bertz CT molecular complexity index is 869. The third-order valence-electron chi connectivity index (χ3n) is 4.09. The summed E-state index contributed by atoms with van der Waals surface area (Å²) in [6.07, 6.45) is 3.35. The molecule has 1 aromatic carbocycles. The number of pyridine rings is 1. The van der Waals surface area contributed by atoms with Crippen LogP contribution in [0.2, 0.25) is 0 Å². The average Bonchev–Trinajstić information content (AvgIpc) is 3.23. The lowest BCUT2D eigenvalue weighted by Crippen LogP contribution is -2.30. The topological polar surface area (TPSA) is 58.6 Å². The van der Waals surface area contributed by atoms with Crippen molar-refractivity contribution in [3.05, 3.63) is 76.5 Å². The van der Waals surface area contributed by atoms with Gasteiger partial charge >= 0.3 is 0 Å². The normalized spacial score (nSPS) is 10.8. The summed E-state index contributed by atoms with van der Waals surface area (Å²) < 4.78 is 5.82. The molecule has 0 unspecified atom stereocenters. The largest absolute Gasteiger partial charge is 0.492 e. The van der Waals surface area contributed by atoms with Gasteiger partial charge in [0.05, 0.1) is 23.9 Å². The summed E-state index contributed by atoms with van der Waals surface area (Å²) in [6.45, 7) is 2.37. The zero-order chi connectivity index (χ0) is 19.8. The maximum atomic E-state index is 13.0. The second-order valence-corrected chi connectivity index (χ2v) is 7.53. The zero-order valence-corrected chi connectivity index (χ0v) is 16.9. The molecule has 0 N–H and O–H groups in total. The van der Waals surface area contributed by atoms with Gasteiger partial charge in [0.25, 0.3) is 5.91 Å². The van der Waals surface area contributed by atoms with E-state index < -0.39 is 0 Å². The maximum absolute atomic E-state index is 13.0. The Kier molecular flexibility index (Phi) is 7.11. The van der Waals surface area contributed by atoms with Gasteiger partial charge in [-0.1, -0.05) is 18.2 Å². The van der Waals surface area contributed by atoms with E-state index >= 15 is 0 Å². The van der Waals surface area contributed by atoms with Crippen molar-refractivity contribution < 1.29 is 9.53 Å². The van der Waals surface area contributed by atoms with Gasteiger partial charge < -0.3 is 14.5 Å². The van der Waals surface area contributed by atoms with Crippen LogP contribution >= 0.6 is 11.3 Å². The summed E-state index contributed by atoms with van der Waals surface area (Å²) in [4.78, 5) is 25.9. The second-order valence-electron chi connectivity index (χ2n) is 6.65. The van der Waals surface area contributed by atoms with Crippen LogP contribution in [-0.2, 0) is 13.1 Å². The molecule has 0 aliphatic rings. The van der Waals surface area contributed by atoms with Gasteiger partial charge in [-0.25, -0.2) is 0 Å². The van der Waals surface area contributed by atoms with Gasteiger partial charge in [0.1, 0.15) is 17.2 Å². The number of hydrogen-bond acceptors (Lipinski definition) is 6. The fourth-order valence-corrected chi connectivity index (χ4v) is 3.25. The van der Waals surface area contributed by atoms with Crippen molar-refractivity contribution >= 4 is 17.2 Å². The van der Waals surface area contributed by atoms with Crippen LogP contribution in [0.3, 0.4) is 0 Å². The molecule has 1 amide bonds. The molecule has 2 aromatic heterocycles. The fourth-order valence-electron chi connectivity index (χ4n) is 2.66. The first-order valence-electron chi connectivity index (χ1n) is 9.06. The molecule has 2 heterocycles. The van der Waals surface area contributed by atoms with E-state index in [9.17, 15) is 4.79 Å². The highest BCUT2D eigenvalue weighted by molar-refractivity contribution is 7.11. The van der Waals surface area contributed by atoms with E-state index in [1.807, 2.05) is 56.6 Å². The van der Waals surface area contributed by atoms with Crippen LogP contribution in [0, 0.1) is 0 Å². The highest BCUT2D eigenvalue weighted by atomic mass is 32.1. The number of ether oxygens (including phenoxy) is 1. The van der Waals surface area contributed by atoms with Crippen LogP contribution in [0.5, 0.6) is 5.75 Å². The van der Waals surface area contributed by atoms with Gasteiger partial charge in [-0.2, -0.15) is 0 Å². The molecule has 0 saturated heterocycles. The molecule has 0 saturated carbocycles. The van der Waals surface area contributed by atoms with Crippen molar-refractivity contribution in [2.75, 3.05) is 27.2 Å². The first kappa shape index (κ1) is 20.0. The molecular weight excluding hydrogens is 372 g/mol. The lowest BCUT2D eigenvalue weighted by molar-refractivity contribution is 0.0732. The Balaban J connectivity index is 1.74. The minimum absolute atomic E-state index is 0.0490. The number of carbonyl (C=O) groups excluding carboxylic acids is 1. The summed E-state index contributed by atoms with van der Waals surface area (Å²) in [5, 5.41) is 0. The Morgan fingerprint density at radius 1 is 1.14 bits per heavy atom. The standard InChI is InChI=1S/C21H24N4O2S/c1-24(2)10-11-27-19-8-5-6-17(12-19)14-25(15-18-7-3-4-9-23-18)21(26)20-13-22-16-28-20/h3-9,12-13,16H,10-11,14-15H2,1-2H3. The van der Waals surface area contributed by atoms with E-state index in [0.29, 0.717) is 24.6 Å². The van der Waals surface area contributed by atoms with Crippen molar-refractivity contribution in [1.29, 1.82) is 0 Å². The third kappa shape index (κ3) is 5.87. The van der Waals surface area contributed by atoms with Gasteiger partial charge in [-0.3, -0.25) is 14.8 Å². The lowest BCUT2D eigenvalue weighted by atomic mass is 10.2. The molecule has 0 fully saturated rings. The number of hydrogen-bond donors (Lipinski definition) is 0. The predicted octanol–water partition coefficient (Wildman–Crippen LogP) is 3.32. The lowest BCUT2D eigenvalue weighted by Gasteiger charge is -2.22. The second kappa shape index (κ2) is 9.96. The summed E-state index contributed by atoms with van der Waals surface area (Å²) >= 11 is 1.35. The van der Waals surface area contributed by atoms with Gasteiger partial charge in [-0.15, -0.1) is 11.3 Å². The van der Waals surface area contributed by atoms with E-state index in [4.69, 9.17) is 4.74 Å². The van der Waals surface area contributed by atoms with Crippen LogP contribution in [0.15, 0.2) is 60.4 Å². The smallest absolute Gasteiger partial charge is 0.266 e. The summed E-state index contributed by atoms with van der Waals surface area (Å²) in [5.41, 5.74) is 3.53. The molecule has 0 atom stereocenters. The van der Waals surface area contributed by atoms with Crippen LogP contribution in [0.4, 0.5) is 0 Å². The number of rotatable bonds is 9. The Hall–Kier alpha value is -2.77. The molecule has 6 nitrogen and oxygen atoms in total. The van der Waals surface area contributed by atoms with E-state index in [1.54, 1.807) is 22.8 Å². The number of thiazole rings is 1. The van der Waals surface area contributed by atoms with Gasteiger partial charge in [-0.05, 0) is 43.9 Å². The molecule has 0 spiro atoms. The molecule has 0 aliphatic heterocycles. The summed E-state index contributed by atoms with van der Waals surface area (Å²) in [5.74, 6) is 0.759. The monoisotopic (exact) mass is 396 g/mol. The predicted molar refractivity (Wildman–Crippen MR) is 110 cm³/mol. The zero-order valence-electron chi connectivity index (χ0n) is 16.1. The number of likely N-dealkylation sites (N-methyl/N-ethyl adjacent to an activating group) is 1. The average molecular weight is 397 g/mol. The summed E-state index contributed by atoms with van der Waals surface area (Å²) in [7, 11) is 4.03. The Morgan fingerprint density at radius 3 is 2.75 bits per heavy atom. The SMILES string of the molecule is CN(C)CCOc1cccc(CN(Cc2ccccn2)C(=O)c2cncs2)c1. The minimum atomic E-state index is -0.0490. The highest BCUT2D eigenvalue weighted by Crippen LogP contribution is 2.19. The number of benzene rings is 1. The van der Waals surface area contributed by atoms with Crippen molar-refractivity contribution in [3.8, 4) is 5.75 Å². The first-order valence-corrected chi connectivity index (χ1v) is 9.94. The summed E-state index contributed by atoms with van der Waals surface area (Å²) in [6, 6.07) is 13.6. The van der Waals surface area contributed by atoms with E-state index in [1.165, 1.54) is 11.3 Å². The Labute approximate surface area is 169 Å². The quantitative estimate of drug-likeness (QED) is 0.555. The molecule has 0 radical (unpaired) electrons. The number of amides is 1. The van der Waals surface area contributed by atoms with Gasteiger partial charge in [0, 0.05) is 19.3 Å². The van der Waals surface area contributed by atoms with Crippen LogP contribution in [-0.4, -0.2) is 52.9 Å².